The van der Waals surface area contributed by atoms with Crippen molar-refractivity contribution in [2.45, 2.75) is 37.3 Å². The lowest BCUT2D eigenvalue weighted by atomic mass is 9.51. The van der Waals surface area contributed by atoms with Crippen LogP contribution in [0.5, 0.6) is 5.75 Å². The lowest BCUT2D eigenvalue weighted by Crippen LogP contribution is -2.67. The van der Waals surface area contributed by atoms with Gasteiger partial charge in [-0.2, -0.15) is 0 Å². The Hall–Kier alpha value is -3.58. The predicted molar refractivity (Wildman–Crippen MR) is 149 cm³/mol. The molecule has 0 spiro atoms. The van der Waals surface area contributed by atoms with Gasteiger partial charge in [0.2, 0.25) is 5.78 Å². The van der Waals surface area contributed by atoms with Crippen LogP contribution in [0, 0.1) is 17.8 Å². The number of allylic oxidation sites excluding steroid dienone is 1. The van der Waals surface area contributed by atoms with Gasteiger partial charge in [0.25, 0.3) is 5.91 Å². The number of aromatic hydroxyl groups is 1. The molecule has 0 radical (unpaired) electrons. The summed E-state index contributed by atoms with van der Waals surface area (Å²) in [6, 6.07) is 3.40. The zero-order valence-electron chi connectivity index (χ0n) is 23.9. The highest BCUT2D eigenvalue weighted by Crippen LogP contribution is 2.58. The number of ether oxygens (including phenoxy) is 1. The number of hydrogen-bond donors (Lipinski definition) is 5. The largest absolute Gasteiger partial charge is 0.510 e. The van der Waals surface area contributed by atoms with Gasteiger partial charge in [-0.3, -0.25) is 29.0 Å². The van der Waals surface area contributed by atoms with E-state index in [2.05, 4.69) is 4.90 Å². The molecule has 4 aliphatic rings. The van der Waals surface area contributed by atoms with Crippen LogP contribution >= 0.6 is 0 Å². The van der Waals surface area contributed by atoms with E-state index in [1.54, 1.807) is 33.2 Å². The molecular weight excluding hydrogens is 546 g/mol. The summed E-state index contributed by atoms with van der Waals surface area (Å²) in [5.41, 5.74) is 1.87. The van der Waals surface area contributed by atoms with Gasteiger partial charge in [0.1, 0.15) is 28.6 Å². The Kier molecular flexibility index (Phi) is 7.77. The molecule has 6 unspecified atom stereocenters. The summed E-state index contributed by atoms with van der Waals surface area (Å²) in [6.45, 7) is 4.75. The first kappa shape index (κ1) is 29.9. The Bertz CT molecular complexity index is 1410. The molecule has 0 bridgehead atoms. The Morgan fingerprint density at radius 1 is 1.14 bits per heavy atom. The average Bonchev–Trinajstić information content (AvgIpc) is 2.93. The lowest BCUT2D eigenvalue weighted by Gasteiger charge is -2.55. The maximum Gasteiger partial charge on any atom is 0.255 e. The van der Waals surface area contributed by atoms with Crippen molar-refractivity contribution < 1.29 is 44.3 Å². The first-order chi connectivity index (χ1) is 19.8. The number of aliphatic hydroxyl groups excluding tert-OH is 2. The molecule has 12 nitrogen and oxygen atoms in total. The number of carbonyl (C=O) groups excluding carboxylic acids is 4. The molecule has 1 amide bonds. The van der Waals surface area contributed by atoms with Gasteiger partial charge in [-0.25, -0.2) is 0 Å². The summed E-state index contributed by atoms with van der Waals surface area (Å²) in [5, 5.41) is 45.7. The number of nitrogens with two attached hydrogens (primary N) is 1. The third-order valence-electron chi connectivity index (χ3n) is 9.46. The van der Waals surface area contributed by atoms with Crippen LogP contribution in [0.3, 0.4) is 0 Å². The molecule has 1 aromatic carbocycles. The quantitative estimate of drug-likeness (QED) is 0.282. The number of likely N-dealkylation sites (N-methyl/N-ethyl adjacent to an activating group) is 1. The second-order valence-electron chi connectivity index (χ2n) is 11.9. The Morgan fingerprint density at radius 3 is 2.43 bits per heavy atom. The van der Waals surface area contributed by atoms with Gasteiger partial charge in [-0.1, -0.05) is 19.1 Å². The summed E-state index contributed by atoms with van der Waals surface area (Å²) in [5.74, 6) is -9.21. The first-order valence-corrected chi connectivity index (χ1v) is 14.1. The fraction of sp³-hybridized carbons (Fsp3) is 0.533. The van der Waals surface area contributed by atoms with E-state index in [1.165, 1.54) is 11.0 Å². The molecule has 12 heteroatoms. The number of phenolic OH excluding ortho intramolecular Hbond substituents is 1. The smallest absolute Gasteiger partial charge is 0.255 e. The molecule has 226 valence electrons. The molecule has 0 saturated carbocycles. The minimum atomic E-state index is -2.84. The normalized spacial score (nSPS) is 31.6. The Labute approximate surface area is 243 Å². The van der Waals surface area contributed by atoms with Crippen LogP contribution in [0.4, 0.5) is 0 Å². The van der Waals surface area contributed by atoms with E-state index in [0.29, 0.717) is 38.4 Å². The number of phenols is 1. The number of ketones is 3. The van der Waals surface area contributed by atoms with E-state index in [9.17, 15) is 39.6 Å². The van der Waals surface area contributed by atoms with Crippen molar-refractivity contribution in [3.8, 4) is 5.75 Å². The van der Waals surface area contributed by atoms with E-state index >= 15 is 0 Å². The fourth-order valence-electron chi connectivity index (χ4n) is 7.54. The van der Waals surface area contributed by atoms with Gasteiger partial charge in [-0.05, 0) is 37.6 Å². The number of Topliss-reactive ketones (excluding diaryl/α,β-unsaturated/α-hetero) is 3. The Morgan fingerprint density at radius 2 is 1.81 bits per heavy atom. The standard InChI is InChI=1S/C30H37N3O9/c1-14-16-5-4-6-18(35)20(16)25(36)21-19(14)17(13-15(34)7-8-33-9-11-42-12-10-33)23-24(32(2)3)26(37)22(29(31)40)28(39)30(23,41)27(21)38/h4-6,14,17,19,23-24,35,37-38,41H,7-13H2,1-3H3,(H2,31,40). The topological polar surface area (TPSA) is 191 Å². The first-order valence-electron chi connectivity index (χ1n) is 14.1. The number of fused-ring (bicyclic) bond motifs is 3. The predicted octanol–water partition coefficient (Wildman–Crippen LogP) is 0.589. The monoisotopic (exact) mass is 583 g/mol. The van der Waals surface area contributed by atoms with Crippen LogP contribution in [0.2, 0.25) is 0 Å². The van der Waals surface area contributed by atoms with Gasteiger partial charge >= 0.3 is 0 Å². The van der Waals surface area contributed by atoms with E-state index in [1.807, 2.05) is 0 Å². The minimum Gasteiger partial charge on any atom is -0.510 e. The van der Waals surface area contributed by atoms with E-state index < -0.39 is 69.9 Å². The number of hydrogen-bond acceptors (Lipinski definition) is 11. The third kappa shape index (κ3) is 4.44. The fourth-order valence-corrected chi connectivity index (χ4v) is 7.54. The highest BCUT2D eigenvalue weighted by Gasteiger charge is 2.67. The number of rotatable bonds is 7. The van der Waals surface area contributed by atoms with Gasteiger partial charge in [0, 0.05) is 49.9 Å². The number of aliphatic hydroxyl groups is 3. The lowest BCUT2D eigenvalue weighted by molar-refractivity contribution is -0.156. The van der Waals surface area contributed by atoms with Crippen LogP contribution in [0.1, 0.15) is 41.6 Å². The summed E-state index contributed by atoms with van der Waals surface area (Å²) in [6.07, 6.45) is -0.0185. The molecule has 1 fully saturated rings. The molecule has 6 N–H and O–H groups in total. The van der Waals surface area contributed by atoms with Crippen molar-refractivity contribution in [3.63, 3.8) is 0 Å². The minimum absolute atomic E-state index is 0.0665. The molecule has 1 aromatic rings. The van der Waals surface area contributed by atoms with Gasteiger partial charge in [0.15, 0.2) is 11.4 Å². The molecule has 0 aromatic heterocycles. The van der Waals surface area contributed by atoms with Crippen molar-refractivity contribution in [3.05, 3.63) is 52.0 Å². The number of benzene rings is 1. The summed E-state index contributed by atoms with van der Waals surface area (Å²) < 4.78 is 5.38. The number of carbonyl (C=O) groups is 4. The SMILES string of the molecule is CC1c2cccc(O)c2C(=O)C2=C(O)C3(O)C(=O)C(C(N)=O)=C(O)C(N(C)C)C3C(CC(=O)CCN3CCOCC3)C21. The molecule has 1 saturated heterocycles. The Balaban J connectivity index is 1.68. The van der Waals surface area contributed by atoms with Crippen LogP contribution in [-0.2, 0) is 19.1 Å². The van der Waals surface area contributed by atoms with Crippen LogP contribution < -0.4 is 5.73 Å². The molecule has 3 aliphatic carbocycles. The molecule has 1 aliphatic heterocycles. The highest BCUT2D eigenvalue weighted by atomic mass is 16.5. The highest BCUT2D eigenvalue weighted by molar-refractivity contribution is 6.25. The van der Waals surface area contributed by atoms with Crippen molar-refractivity contribution in [2.75, 3.05) is 46.9 Å². The molecular formula is C30H37N3O9. The molecule has 6 atom stereocenters. The van der Waals surface area contributed by atoms with Crippen LogP contribution in [-0.4, -0.2) is 112 Å². The summed E-state index contributed by atoms with van der Waals surface area (Å²) in [7, 11) is 3.12. The molecule has 1 heterocycles. The van der Waals surface area contributed by atoms with E-state index in [0.717, 1.165) is 0 Å². The number of morpholine rings is 1. The number of primary amides is 1. The maximum absolute atomic E-state index is 13.9. The summed E-state index contributed by atoms with van der Waals surface area (Å²) >= 11 is 0. The van der Waals surface area contributed by atoms with Crippen molar-refractivity contribution in [1.29, 1.82) is 0 Å². The van der Waals surface area contributed by atoms with E-state index in [4.69, 9.17) is 10.5 Å². The average molecular weight is 584 g/mol. The second kappa shape index (κ2) is 10.9. The third-order valence-corrected chi connectivity index (χ3v) is 9.46. The molecule has 42 heavy (non-hydrogen) atoms. The number of amides is 1. The van der Waals surface area contributed by atoms with Crippen LogP contribution in [0.25, 0.3) is 0 Å². The van der Waals surface area contributed by atoms with Crippen LogP contribution in [0.15, 0.2) is 40.9 Å². The zero-order chi connectivity index (χ0) is 30.7. The maximum atomic E-state index is 13.9. The van der Waals surface area contributed by atoms with Crippen molar-refractivity contribution in [2.24, 2.45) is 23.5 Å². The van der Waals surface area contributed by atoms with Crippen molar-refractivity contribution in [1.82, 2.24) is 9.80 Å². The van der Waals surface area contributed by atoms with Gasteiger partial charge in [-0.15, -0.1) is 0 Å². The zero-order valence-corrected chi connectivity index (χ0v) is 23.9. The molecule has 5 rings (SSSR count). The second-order valence-corrected chi connectivity index (χ2v) is 11.9. The number of nitrogens with zero attached hydrogens (tertiary/aromatic N) is 2. The summed E-state index contributed by atoms with van der Waals surface area (Å²) in [4.78, 5) is 57.3. The van der Waals surface area contributed by atoms with Gasteiger partial charge < -0.3 is 30.9 Å². The van der Waals surface area contributed by atoms with Crippen molar-refractivity contribution >= 4 is 23.3 Å². The van der Waals surface area contributed by atoms with Gasteiger partial charge in [0.05, 0.1) is 24.8 Å². The van der Waals surface area contributed by atoms with E-state index in [-0.39, 0.29) is 35.5 Å².